The van der Waals surface area contributed by atoms with Gasteiger partial charge in [0.25, 0.3) is 15.9 Å². The van der Waals surface area contributed by atoms with Crippen LogP contribution in [0.15, 0.2) is 71.6 Å². The zero-order chi connectivity index (χ0) is 20.3. The number of aryl methyl sites for hydroxylation is 2. The lowest BCUT2D eigenvalue weighted by Gasteiger charge is -2.11. The van der Waals surface area contributed by atoms with Crippen molar-refractivity contribution in [3.63, 3.8) is 0 Å². The lowest BCUT2D eigenvalue weighted by molar-refractivity contribution is 0.102. The minimum Gasteiger partial charge on any atom is -0.322 e. The Kier molecular flexibility index (Phi) is 6.04. The third kappa shape index (κ3) is 4.90. The molecule has 0 bridgehead atoms. The van der Waals surface area contributed by atoms with Gasteiger partial charge in [-0.3, -0.25) is 9.52 Å². The van der Waals surface area contributed by atoms with Crippen LogP contribution in [0, 0.1) is 17.4 Å². The van der Waals surface area contributed by atoms with Crippen LogP contribution < -0.4 is 10.0 Å². The Balaban J connectivity index is 1.72. The van der Waals surface area contributed by atoms with Gasteiger partial charge in [-0.1, -0.05) is 17.7 Å². The summed E-state index contributed by atoms with van der Waals surface area (Å²) in [6, 6.07) is 18.7. The summed E-state index contributed by atoms with van der Waals surface area (Å²) < 4.78 is 28.5. The maximum absolute atomic E-state index is 12.4. The van der Waals surface area contributed by atoms with E-state index in [1.807, 2.05) is 32.0 Å². The van der Waals surface area contributed by atoms with E-state index in [1.54, 1.807) is 48.5 Å². The first-order valence-corrected chi connectivity index (χ1v) is 11.1. The fourth-order valence-electron chi connectivity index (χ4n) is 2.58. The Morgan fingerprint density at radius 3 is 2.14 bits per heavy atom. The molecule has 0 radical (unpaired) electrons. The van der Waals surface area contributed by atoms with Crippen LogP contribution in [0.3, 0.4) is 0 Å². The standard InChI is InChI=1S/C21H19IN2O3S/c1-14-3-10-19(11-4-14)28(26,27)24-18-8-5-16(6-9-18)21(25)23-20-12-7-17(22)13-15(20)2/h3-13,24H,1-2H3,(H,23,25). The van der Waals surface area contributed by atoms with Crippen LogP contribution in [0.4, 0.5) is 11.4 Å². The maximum Gasteiger partial charge on any atom is 0.261 e. The predicted octanol–water partition coefficient (Wildman–Crippen LogP) is 4.96. The number of benzene rings is 3. The molecular weight excluding hydrogens is 487 g/mol. The Morgan fingerprint density at radius 2 is 1.54 bits per heavy atom. The quantitative estimate of drug-likeness (QED) is 0.481. The highest BCUT2D eigenvalue weighted by Gasteiger charge is 2.14. The molecular formula is C21H19IN2O3S. The van der Waals surface area contributed by atoms with Crippen molar-refractivity contribution in [1.29, 1.82) is 0 Å². The van der Waals surface area contributed by atoms with Crippen molar-refractivity contribution in [2.45, 2.75) is 18.7 Å². The van der Waals surface area contributed by atoms with Crippen LogP contribution in [-0.4, -0.2) is 14.3 Å². The summed E-state index contributed by atoms with van der Waals surface area (Å²) in [6.07, 6.45) is 0. The van der Waals surface area contributed by atoms with Gasteiger partial charge in [0.15, 0.2) is 0 Å². The molecule has 0 aliphatic carbocycles. The first kappa shape index (κ1) is 20.3. The second kappa shape index (κ2) is 8.32. The summed E-state index contributed by atoms with van der Waals surface area (Å²) in [4.78, 5) is 12.6. The van der Waals surface area contributed by atoms with Crippen LogP contribution in [-0.2, 0) is 10.0 Å². The van der Waals surface area contributed by atoms with Gasteiger partial charge in [0, 0.05) is 20.5 Å². The molecule has 3 aromatic carbocycles. The van der Waals surface area contributed by atoms with Crippen LogP contribution in [0.5, 0.6) is 0 Å². The summed E-state index contributed by atoms with van der Waals surface area (Å²) in [5.74, 6) is -0.253. The Hall–Kier alpha value is -2.39. The lowest BCUT2D eigenvalue weighted by atomic mass is 10.1. The average molecular weight is 506 g/mol. The average Bonchev–Trinajstić information content (AvgIpc) is 2.64. The summed E-state index contributed by atoms with van der Waals surface area (Å²) in [6.45, 7) is 3.83. The number of carbonyl (C=O) groups excluding carboxylic acids is 1. The molecule has 0 saturated carbocycles. The molecule has 0 saturated heterocycles. The first-order valence-electron chi connectivity index (χ1n) is 8.52. The number of rotatable bonds is 5. The van der Waals surface area contributed by atoms with E-state index >= 15 is 0 Å². The van der Waals surface area contributed by atoms with Crippen LogP contribution >= 0.6 is 22.6 Å². The smallest absolute Gasteiger partial charge is 0.261 e. The largest absolute Gasteiger partial charge is 0.322 e. The predicted molar refractivity (Wildman–Crippen MR) is 120 cm³/mol. The summed E-state index contributed by atoms with van der Waals surface area (Å²) in [5.41, 5.74) is 3.54. The van der Waals surface area contributed by atoms with Crippen molar-refractivity contribution in [1.82, 2.24) is 0 Å². The van der Waals surface area contributed by atoms with Gasteiger partial charge in [-0.2, -0.15) is 0 Å². The Labute approximate surface area is 178 Å². The van der Waals surface area contributed by atoms with Gasteiger partial charge in [-0.15, -0.1) is 0 Å². The van der Waals surface area contributed by atoms with E-state index in [-0.39, 0.29) is 10.8 Å². The molecule has 0 aromatic heterocycles. The third-order valence-electron chi connectivity index (χ3n) is 4.17. The highest BCUT2D eigenvalue weighted by Crippen LogP contribution is 2.20. The second-order valence-electron chi connectivity index (χ2n) is 6.41. The molecule has 0 unspecified atom stereocenters. The van der Waals surface area contributed by atoms with Crippen LogP contribution in [0.1, 0.15) is 21.5 Å². The highest BCUT2D eigenvalue weighted by molar-refractivity contribution is 14.1. The molecule has 7 heteroatoms. The summed E-state index contributed by atoms with van der Waals surface area (Å²) in [7, 11) is -3.67. The van der Waals surface area contributed by atoms with Crippen LogP contribution in [0.2, 0.25) is 0 Å². The number of hydrogen-bond donors (Lipinski definition) is 2. The molecule has 5 nitrogen and oxygen atoms in total. The minimum atomic E-state index is -3.67. The van der Waals surface area contributed by atoms with Gasteiger partial charge in [-0.05, 0) is 96.6 Å². The normalized spacial score (nSPS) is 11.1. The Morgan fingerprint density at radius 1 is 0.893 bits per heavy atom. The van der Waals surface area contributed by atoms with Crippen molar-refractivity contribution in [3.8, 4) is 0 Å². The Bertz CT molecular complexity index is 1110. The van der Waals surface area contributed by atoms with Crippen molar-refractivity contribution in [2.24, 2.45) is 0 Å². The van der Waals surface area contributed by atoms with Gasteiger partial charge < -0.3 is 5.32 Å². The zero-order valence-corrected chi connectivity index (χ0v) is 18.3. The lowest BCUT2D eigenvalue weighted by Crippen LogP contribution is -2.14. The topological polar surface area (TPSA) is 75.3 Å². The molecule has 3 aromatic rings. The van der Waals surface area contributed by atoms with Gasteiger partial charge >= 0.3 is 0 Å². The molecule has 28 heavy (non-hydrogen) atoms. The molecule has 3 rings (SSSR count). The third-order valence-corrected chi connectivity index (χ3v) is 6.24. The second-order valence-corrected chi connectivity index (χ2v) is 9.34. The number of sulfonamides is 1. The van der Waals surface area contributed by atoms with E-state index in [1.165, 1.54) is 0 Å². The number of hydrogen-bond acceptors (Lipinski definition) is 3. The molecule has 0 aliphatic rings. The van der Waals surface area contributed by atoms with E-state index in [2.05, 4.69) is 32.6 Å². The van der Waals surface area contributed by atoms with Gasteiger partial charge in [0.05, 0.1) is 4.90 Å². The van der Waals surface area contributed by atoms with E-state index in [4.69, 9.17) is 0 Å². The van der Waals surface area contributed by atoms with Crippen molar-refractivity contribution >= 4 is 49.9 Å². The number of amides is 1. The molecule has 2 N–H and O–H groups in total. The molecule has 1 amide bonds. The molecule has 0 fully saturated rings. The molecule has 0 spiro atoms. The van der Waals surface area contributed by atoms with Crippen LogP contribution in [0.25, 0.3) is 0 Å². The monoisotopic (exact) mass is 506 g/mol. The number of anilines is 2. The summed E-state index contributed by atoms with van der Waals surface area (Å²) in [5, 5.41) is 2.87. The van der Waals surface area contributed by atoms with Crippen molar-refractivity contribution < 1.29 is 13.2 Å². The molecule has 0 heterocycles. The van der Waals surface area contributed by atoms with Crippen molar-refractivity contribution in [3.05, 3.63) is 87.0 Å². The SMILES string of the molecule is Cc1ccc(S(=O)(=O)Nc2ccc(C(=O)Nc3ccc(I)cc3C)cc2)cc1. The number of nitrogens with one attached hydrogen (secondary N) is 2. The fraction of sp³-hybridized carbons (Fsp3) is 0.0952. The maximum atomic E-state index is 12.4. The summed E-state index contributed by atoms with van der Waals surface area (Å²) >= 11 is 2.22. The molecule has 0 aliphatic heterocycles. The first-order chi connectivity index (χ1) is 13.2. The fourth-order valence-corrected chi connectivity index (χ4v) is 4.29. The zero-order valence-electron chi connectivity index (χ0n) is 15.4. The van der Waals surface area contributed by atoms with Crippen molar-refractivity contribution in [2.75, 3.05) is 10.0 Å². The van der Waals surface area contributed by atoms with E-state index in [0.29, 0.717) is 11.3 Å². The minimum absolute atomic E-state index is 0.189. The van der Waals surface area contributed by atoms with Gasteiger partial charge in [-0.25, -0.2) is 8.42 Å². The molecule has 144 valence electrons. The van der Waals surface area contributed by atoms with E-state index in [0.717, 1.165) is 20.4 Å². The van der Waals surface area contributed by atoms with Gasteiger partial charge in [0.2, 0.25) is 0 Å². The van der Waals surface area contributed by atoms with E-state index < -0.39 is 10.0 Å². The molecule has 0 atom stereocenters. The number of halogens is 1. The van der Waals surface area contributed by atoms with E-state index in [9.17, 15) is 13.2 Å². The number of carbonyl (C=O) groups is 1. The highest BCUT2D eigenvalue weighted by atomic mass is 127. The van der Waals surface area contributed by atoms with Gasteiger partial charge in [0.1, 0.15) is 0 Å².